The van der Waals surface area contributed by atoms with Crippen molar-refractivity contribution in [3.05, 3.63) is 76.6 Å². The summed E-state index contributed by atoms with van der Waals surface area (Å²) in [7, 11) is 0. The summed E-state index contributed by atoms with van der Waals surface area (Å²) in [4.78, 5) is 4.76. The van der Waals surface area contributed by atoms with E-state index in [0.717, 1.165) is 39.7 Å². The van der Waals surface area contributed by atoms with Crippen molar-refractivity contribution in [3.8, 4) is 11.1 Å². The molecule has 0 aliphatic heterocycles. The maximum atomic E-state index is 6.06. The summed E-state index contributed by atoms with van der Waals surface area (Å²) in [5.41, 5.74) is 7.13. The van der Waals surface area contributed by atoms with Crippen LogP contribution in [0.1, 0.15) is 36.7 Å². The number of hydrogen-bond donors (Lipinski definition) is 1. The smallest absolute Gasteiger partial charge is 0.165 e. The molecular weight excluding hydrogens is 368 g/mol. The lowest BCUT2D eigenvalue weighted by Crippen LogP contribution is -2.03. The van der Waals surface area contributed by atoms with Gasteiger partial charge in [-0.3, -0.25) is 0 Å². The zero-order chi connectivity index (χ0) is 19.8. The molecule has 0 amide bonds. The summed E-state index contributed by atoms with van der Waals surface area (Å²) in [6.45, 7) is 8.40. The van der Waals surface area contributed by atoms with Gasteiger partial charge in [0.05, 0.1) is 5.69 Å². The number of aromatic nitrogens is 3. The van der Waals surface area contributed by atoms with Crippen molar-refractivity contribution in [2.45, 2.75) is 33.6 Å². The van der Waals surface area contributed by atoms with Crippen molar-refractivity contribution in [1.82, 2.24) is 14.6 Å². The van der Waals surface area contributed by atoms with Gasteiger partial charge in [0.25, 0.3) is 0 Å². The fourth-order valence-corrected chi connectivity index (χ4v) is 3.51. The third kappa shape index (κ3) is 3.48. The van der Waals surface area contributed by atoms with Crippen LogP contribution in [0, 0.1) is 13.8 Å². The van der Waals surface area contributed by atoms with Crippen molar-refractivity contribution in [3.63, 3.8) is 0 Å². The van der Waals surface area contributed by atoms with Crippen LogP contribution < -0.4 is 5.32 Å². The molecule has 4 nitrogen and oxygen atoms in total. The van der Waals surface area contributed by atoms with Crippen molar-refractivity contribution >= 4 is 28.8 Å². The van der Waals surface area contributed by atoms with Crippen LogP contribution in [0.4, 0.5) is 11.5 Å². The van der Waals surface area contributed by atoms with E-state index in [0.29, 0.717) is 10.9 Å². The number of anilines is 2. The second kappa shape index (κ2) is 7.28. The third-order valence-corrected chi connectivity index (χ3v) is 5.13. The molecule has 0 fully saturated rings. The molecule has 2 heterocycles. The van der Waals surface area contributed by atoms with Gasteiger partial charge in [0, 0.05) is 28.0 Å². The van der Waals surface area contributed by atoms with E-state index < -0.39 is 0 Å². The Hall–Kier alpha value is -2.85. The van der Waals surface area contributed by atoms with Gasteiger partial charge < -0.3 is 5.32 Å². The van der Waals surface area contributed by atoms with Crippen LogP contribution in [0.25, 0.3) is 16.8 Å². The van der Waals surface area contributed by atoms with Crippen LogP contribution in [0.2, 0.25) is 5.02 Å². The van der Waals surface area contributed by atoms with Gasteiger partial charge in [-0.2, -0.15) is 9.61 Å². The molecule has 0 unspecified atom stereocenters. The number of hydrogen-bond acceptors (Lipinski definition) is 3. The Morgan fingerprint density at radius 2 is 1.64 bits per heavy atom. The van der Waals surface area contributed by atoms with E-state index >= 15 is 0 Å². The predicted octanol–water partition coefficient (Wildman–Crippen LogP) is 6.53. The lowest BCUT2D eigenvalue weighted by Gasteiger charge is -2.11. The number of nitrogens with zero attached hydrogens (tertiary/aromatic N) is 3. The van der Waals surface area contributed by atoms with E-state index in [2.05, 4.69) is 43.4 Å². The molecule has 1 N–H and O–H groups in total. The van der Waals surface area contributed by atoms with E-state index in [1.54, 1.807) is 0 Å². The maximum Gasteiger partial charge on any atom is 0.165 e. The number of benzene rings is 2. The first-order chi connectivity index (χ1) is 13.4. The molecule has 0 saturated heterocycles. The molecule has 0 aliphatic rings. The molecular formula is C23H23ClN4. The fraction of sp³-hybridized carbons (Fsp3) is 0.217. The normalized spacial score (nSPS) is 11.4. The molecule has 0 spiro atoms. The summed E-state index contributed by atoms with van der Waals surface area (Å²) in [6, 6.07) is 18.3. The zero-order valence-corrected chi connectivity index (χ0v) is 17.2. The molecule has 142 valence electrons. The molecule has 0 radical (unpaired) electrons. The zero-order valence-electron chi connectivity index (χ0n) is 16.5. The molecule has 0 bridgehead atoms. The van der Waals surface area contributed by atoms with E-state index in [9.17, 15) is 0 Å². The van der Waals surface area contributed by atoms with Gasteiger partial charge >= 0.3 is 0 Å². The van der Waals surface area contributed by atoms with Crippen LogP contribution in [0.5, 0.6) is 0 Å². The second-order valence-corrected chi connectivity index (χ2v) is 7.82. The van der Waals surface area contributed by atoms with E-state index in [4.69, 9.17) is 21.7 Å². The molecule has 2 aromatic heterocycles. The first kappa shape index (κ1) is 18.5. The summed E-state index contributed by atoms with van der Waals surface area (Å²) < 4.78 is 1.88. The molecule has 0 aliphatic carbocycles. The number of aryl methyl sites for hydroxylation is 2. The topological polar surface area (TPSA) is 42.2 Å². The molecule has 4 rings (SSSR count). The van der Waals surface area contributed by atoms with Gasteiger partial charge in [0.15, 0.2) is 5.65 Å². The van der Waals surface area contributed by atoms with E-state index in [1.165, 1.54) is 5.56 Å². The van der Waals surface area contributed by atoms with E-state index in [1.807, 2.05) is 48.7 Å². The number of nitrogens with one attached hydrogen (secondary N) is 1. The summed E-state index contributed by atoms with van der Waals surface area (Å²) in [5, 5.41) is 8.96. The van der Waals surface area contributed by atoms with Gasteiger partial charge in [-0.1, -0.05) is 49.7 Å². The minimum atomic E-state index is 0.514. The molecule has 28 heavy (non-hydrogen) atoms. The highest BCUT2D eigenvalue weighted by Crippen LogP contribution is 2.31. The molecule has 4 aromatic rings. The van der Waals surface area contributed by atoms with Crippen molar-refractivity contribution < 1.29 is 0 Å². The SMILES string of the molecule is Cc1cc(Nc2ccc(C(C)C)cc2)n2nc(C)c(-c3ccc(Cl)cc3)c2n1. The monoisotopic (exact) mass is 390 g/mol. The Morgan fingerprint density at radius 3 is 2.29 bits per heavy atom. The summed E-state index contributed by atoms with van der Waals surface area (Å²) >= 11 is 6.06. The van der Waals surface area contributed by atoms with Gasteiger partial charge in [0.2, 0.25) is 0 Å². The number of halogens is 1. The Kier molecular flexibility index (Phi) is 4.82. The van der Waals surface area contributed by atoms with Gasteiger partial charge in [0.1, 0.15) is 5.82 Å². The average molecular weight is 391 g/mol. The molecule has 0 atom stereocenters. The Bertz CT molecular complexity index is 1130. The Balaban J connectivity index is 1.79. The standard InChI is InChI=1S/C23H23ClN4/c1-14(2)17-7-11-20(12-8-17)26-21-13-15(3)25-23-22(16(4)27-28(21)23)18-5-9-19(24)10-6-18/h5-14,26H,1-4H3. The lowest BCUT2D eigenvalue weighted by atomic mass is 10.0. The Morgan fingerprint density at radius 1 is 0.964 bits per heavy atom. The van der Waals surface area contributed by atoms with Crippen LogP contribution in [-0.2, 0) is 0 Å². The summed E-state index contributed by atoms with van der Waals surface area (Å²) in [6.07, 6.45) is 0. The number of rotatable bonds is 4. The predicted molar refractivity (Wildman–Crippen MR) is 117 cm³/mol. The highest BCUT2D eigenvalue weighted by molar-refractivity contribution is 6.30. The molecule has 2 aromatic carbocycles. The highest BCUT2D eigenvalue weighted by Gasteiger charge is 2.16. The highest BCUT2D eigenvalue weighted by atomic mass is 35.5. The van der Waals surface area contributed by atoms with Crippen molar-refractivity contribution in [1.29, 1.82) is 0 Å². The van der Waals surface area contributed by atoms with Crippen LogP contribution in [0.3, 0.4) is 0 Å². The van der Waals surface area contributed by atoms with Gasteiger partial charge in [-0.15, -0.1) is 0 Å². The fourth-order valence-electron chi connectivity index (χ4n) is 3.39. The van der Waals surface area contributed by atoms with Gasteiger partial charge in [-0.05, 0) is 55.2 Å². The van der Waals surface area contributed by atoms with Crippen LogP contribution in [0.15, 0.2) is 54.6 Å². The lowest BCUT2D eigenvalue weighted by molar-refractivity contribution is 0.867. The number of fused-ring (bicyclic) bond motifs is 1. The quantitative estimate of drug-likeness (QED) is 0.430. The van der Waals surface area contributed by atoms with Crippen LogP contribution in [-0.4, -0.2) is 14.6 Å². The Labute approximate surface area is 170 Å². The third-order valence-electron chi connectivity index (χ3n) is 4.87. The van der Waals surface area contributed by atoms with Crippen LogP contribution >= 0.6 is 11.6 Å². The molecule has 0 saturated carbocycles. The minimum Gasteiger partial charge on any atom is -0.340 e. The van der Waals surface area contributed by atoms with E-state index in [-0.39, 0.29) is 0 Å². The van der Waals surface area contributed by atoms with Crippen molar-refractivity contribution in [2.75, 3.05) is 5.32 Å². The molecule has 5 heteroatoms. The largest absolute Gasteiger partial charge is 0.340 e. The summed E-state index contributed by atoms with van der Waals surface area (Å²) in [5.74, 6) is 1.41. The van der Waals surface area contributed by atoms with Crippen molar-refractivity contribution in [2.24, 2.45) is 0 Å². The first-order valence-electron chi connectivity index (χ1n) is 9.42. The second-order valence-electron chi connectivity index (χ2n) is 7.39. The van der Waals surface area contributed by atoms with Gasteiger partial charge in [-0.25, -0.2) is 4.98 Å². The first-order valence-corrected chi connectivity index (χ1v) is 9.80. The average Bonchev–Trinajstić information content (AvgIpc) is 2.99. The minimum absolute atomic E-state index is 0.514. The maximum absolute atomic E-state index is 6.06.